The second kappa shape index (κ2) is 6.25. The van der Waals surface area contributed by atoms with Crippen LogP contribution in [0.15, 0.2) is 17.2 Å². The number of fused-ring (bicyclic) bond motifs is 3. The first-order valence-electron chi connectivity index (χ1n) is 8.01. The lowest BCUT2D eigenvalue weighted by Crippen LogP contribution is -2.39. The lowest BCUT2D eigenvalue weighted by Gasteiger charge is -2.23. The average Bonchev–Trinajstić information content (AvgIpc) is 2.98. The molecule has 2 atom stereocenters. The number of aromatic nitrogens is 3. The standard InChI is InChI=1S/C15H21N5O2S.ClH/c1-10-14-7-13(8-16-15(14)19(2)18-10)23(21,22)20-6-5-11-3-4-12(9-20)17-11;/h7-8,11-12,17H,3-6,9H2,1-2H3;1H. The van der Waals surface area contributed by atoms with Crippen molar-refractivity contribution in [2.75, 3.05) is 13.1 Å². The van der Waals surface area contributed by atoms with Gasteiger partial charge < -0.3 is 5.32 Å². The molecular weight excluding hydrogens is 350 g/mol. The molecule has 2 aliphatic rings. The Balaban J connectivity index is 0.00000169. The summed E-state index contributed by atoms with van der Waals surface area (Å²) in [4.78, 5) is 4.58. The minimum absolute atomic E-state index is 0. The van der Waals surface area contributed by atoms with Crippen molar-refractivity contribution in [2.24, 2.45) is 7.05 Å². The van der Waals surface area contributed by atoms with Gasteiger partial charge in [0.25, 0.3) is 0 Å². The number of aryl methyl sites for hydroxylation is 2. The van der Waals surface area contributed by atoms with E-state index in [1.54, 1.807) is 15.1 Å². The lowest BCUT2D eigenvalue weighted by atomic mass is 10.1. The minimum Gasteiger partial charge on any atom is -0.310 e. The van der Waals surface area contributed by atoms with Crippen molar-refractivity contribution in [3.63, 3.8) is 0 Å². The summed E-state index contributed by atoms with van der Waals surface area (Å²) in [7, 11) is -1.70. The highest BCUT2D eigenvalue weighted by molar-refractivity contribution is 7.89. The van der Waals surface area contributed by atoms with Crippen LogP contribution < -0.4 is 5.32 Å². The van der Waals surface area contributed by atoms with Gasteiger partial charge in [-0.15, -0.1) is 12.4 Å². The molecule has 2 aliphatic heterocycles. The maximum Gasteiger partial charge on any atom is 0.244 e. The molecule has 1 N–H and O–H groups in total. The fraction of sp³-hybridized carbons (Fsp3) is 0.600. The summed E-state index contributed by atoms with van der Waals surface area (Å²) < 4.78 is 29.3. The van der Waals surface area contributed by atoms with Gasteiger partial charge >= 0.3 is 0 Å². The SMILES string of the molecule is Cc1nn(C)c2ncc(S(=O)(=O)N3CCC4CCC(C3)N4)cc12.Cl. The first kappa shape index (κ1) is 17.6. The van der Waals surface area contributed by atoms with E-state index in [1.807, 2.05) is 14.0 Å². The molecule has 24 heavy (non-hydrogen) atoms. The number of halogens is 1. The Bertz CT molecular complexity index is 866. The zero-order valence-corrected chi connectivity index (χ0v) is 15.4. The summed E-state index contributed by atoms with van der Waals surface area (Å²) in [6.07, 6.45) is 4.53. The fourth-order valence-electron chi connectivity index (χ4n) is 3.71. The topological polar surface area (TPSA) is 80.1 Å². The van der Waals surface area contributed by atoms with Crippen LogP contribution in [0.25, 0.3) is 11.0 Å². The summed E-state index contributed by atoms with van der Waals surface area (Å²) in [5, 5.41) is 8.62. The third-order valence-electron chi connectivity index (χ3n) is 4.96. The molecule has 4 rings (SSSR count). The summed E-state index contributed by atoms with van der Waals surface area (Å²) >= 11 is 0. The summed E-state index contributed by atoms with van der Waals surface area (Å²) in [6, 6.07) is 2.44. The van der Waals surface area contributed by atoms with Crippen molar-refractivity contribution in [1.29, 1.82) is 0 Å². The highest BCUT2D eigenvalue weighted by atomic mass is 35.5. The van der Waals surface area contributed by atoms with Gasteiger partial charge in [-0.2, -0.15) is 9.40 Å². The average molecular weight is 372 g/mol. The zero-order valence-electron chi connectivity index (χ0n) is 13.8. The highest BCUT2D eigenvalue weighted by Gasteiger charge is 2.35. The van der Waals surface area contributed by atoms with E-state index in [4.69, 9.17) is 0 Å². The molecule has 132 valence electrons. The minimum atomic E-state index is -3.51. The molecule has 2 unspecified atom stereocenters. The van der Waals surface area contributed by atoms with Crippen LogP contribution in [0, 0.1) is 6.92 Å². The molecule has 0 amide bonds. The monoisotopic (exact) mass is 371 g/mol. The van der Waals surface area contributed by atoms with Crippen LogP contribution in [0.5, 0.6) is 0 Å². The molecule has 0 aromatic carbocycles. The smallest absolute Gasteiger partial charge is 0.244 e. The Kier molecular flexibility index (Phi) is 4.59. The second-order valence-corrected chi connectivity index (χ2v) is 8.48. The Morgan fingerprint density at radius 2 is 2.00 bits per heavy atom. The van der Waals surface area contributed by atoms with E-state index in [1.165, 1.54) is 6.20 Å². The van der Waals surface area contributed by atoms with Gasteiger partial charge in [0.15, 0.2) is 5.65 Å². The Hall–Kier alpha value is -1.22. The van der Waals surface area contributed by atoms with Gasteiger partial charge in [-0.05, 0) is 32.3 Å². The van der Waals surface area contributed by atoms with Gasteiger partial charge in [-0.1, -0.05) is 0 Å². The van der Waals surface area contributed by atoms with Crippen molar-refractivity contribution >= 4 is 33.5 Å². The van der Waals surface area contributed by atoms with Gasteiger partial charge in [0.05, 0.1) is 5.69 Å². The third kappa shape index (κ3) is 2.81. The van der Waals surface area contributed by atoms with E-state index in [-0.39, 0.29) is 23.3 Å². The van der Waals surface area contributed by atoms with Crippen molar-refractivity contribution < 1.29 is 8.42 Å². The quantitative estimate of drug-likeness (QED) is 0.858. The number of sulfonamides is 1. The molecule has 0 aliphatic carbocycles. The normalized spacial score (nSPS) is 24.8. The van der Waals surface area contributed by atoms with Gasteiger partial charge in [0.2, 0.25) is 10.0 Å². The molecule has 2 aromatic rings. The van der Waals surface area contributed by atoms with Crippen LogP contribution in [0.4, 0.5) is 0 Å². The van der Waals surface area contributed by atoms with Crippen molar-refractivity contribution in [3.05, 3.63) is 18.0 Å². The zero-order chi connectivity index (χ0) is 16.2. The molecule has 4 heterocycles. The van der Waals surface area contributed by atoms with E-state index in [2.05, 4.69) is 15.4 Å². The first-order chi connectivity index (χ1) is 10.9. The predicted molar refractivity (Wildman–Crippen MR) is 93.8 cm³/mol. The van der Waals surface area contributed by atoms with E-state index >= 15 is 0 Å². The third-order valence-corrected chi connectivity index (χ3v) is 6.79. The van der Waals surface area contributed by atoms with Crippen molar-refractivity contribution in [1.82, 2.24) is 24.4 Å². The molecule has 2 bridgehead atoms. The van der Waals surface area contributed by atoms with Gasteiger partial charge in [-0.3, -0.25) is 4.68 Å². The number of rotatable bonds is 2. The van der Waals surface area contributed by atoms with E-state index in [9.17, 15) is 8.42 Å². The number of hydrogen-bond donors (Lipinski definition) is 1. The Morgan fingerprint density at radius 3 is 2.79 bits per heavy atom. The molecule has 2 aromatic heterocycles. The lowest BCUT2D eigenvalue weighted by molar-refractivity contribution is 0.383. The molecule has 0 spiro atoms. The summed E-state index contributed by atoms with van der Waals surface area (Å²) in [5.74, 6) is 0. The summed E-state index contributed by atoms with van der Waals surface area (Å²) in [6.45, 7) is 2.98. The van der Waals surface area contributed by atoms with Crippen LogP contribution in [-0.2, 0) is 17.1 Å². The molecule has 7 nitrogen and oxygen atoms in total. The highest BCUT2D eigenvalue weighted by Crippen LogP contribution is 2.26. The number of nitrogens with one attached hydrogen (secondary N) is 1. The van der Waals surface area contributed by atoms with E-state index in [0.717, 1.165) is 30.3 Å². The number of nitrogens with zero attached hydrogens (tertiary/aromatic N) is 4. The van der Waals surface area contributed by atoms with E-state index in [0.29, 0.717) is 24.8 Å². The molecule has 2 saturated heterocycles. The summed E-state index contributed by atoms with van der Waals surface area (Å²) in [5.41, 5.74) is 1.50. The molecule has 9 heteroatoms. The second-order valence-electron chi connectivity index (χ2n) is 6.54. The maximum absolute atomic E-state index is 13.0. The van der Waals surface area contributed by atoms with Crippen molar-refractivity contribution in [3.8, 4) is 0 Å². The van der Waals surface area contributed by atoms with Crippen LogP contribution in [0.2, 0.25) is 0 Å². The number of pyridine rings is 1. The van der Waals surface area contributed by atoms with Crippen molar-refractivity contribution in [2.45, 2.75) is 43.2 Å². The van der Waals surface area contributed by atoms with Gasteiger partial charge in [0.1, 0.15) is 4.90 Å². The maximum atomic E-state index is 13.0. The van der Waals surface area contributed by atoms with E-state index < -0.39 is 10.0 Å². The largest absolute Gasteiger partial charge is 0.310 e. The van der Waals surface area contributed by atoms with Crippen LogP contribution in [-0.4, -0.2) is 52.7 Å². The number of hydrogen-bond acceptors (Lipinski definition) is 5. The fourth-order valence-corrected chi connectivity index (χ4v) is 5.18. The molecule has 0 saturated carbocycles. The molecule has 0 radical (unpaired) electrons. The predicted octanol–water partition coefficient (Wildman–Crippen LogP) is 1.21. The molecule has 2 fully saturated rings. The first-order valence-corrected chi connectivity index (χ1v) is 9.45. The Morgan fingerprint density at radius 1 is 1.25 bits per heavy atom. The van der Waals surface area contributed by atoms with Crippen LogP contribution in [0.3, 0.4) is 0 Å². The van der Waals surface area contributed by atoms with Crippen LogP contribution in [0.1, 0.15) is 25.0 Å². The Labute approximate surface area is 147 Å². The van der Waals surface area contributed by atoms with Crippen LogP contribution >= 0.6 is 12.4 Å². The van der Waals surface area contributed by atoms with Gasteiger partial charge in [-0.25, -0.2) is 13.4 Å². The van der Waals surface area contributed by atoms with Gasteiger partial charge in [0, 0.05) is 43.8 Å². The molecular formula is C15H22ClN5O2S.